The Hall–Kier alpha value is -3.25. The van der Waals surface area contributed by atoms with E-state index in [2.05, 4.69) is 28.0 Å². The van der Waals surface area contributed by atoms with Gasteiger partial charge in [-0.2, -0.15) is 0 Å². The number of aromatic nitrogens is 1. The molecule has 7 rings (SSSR count). The van der Waals surface area contributed by atoms with Gasteiger partial charge in [0.1, 0.15) is 5.69 Å². The van der Waals surface area contributed by atoms with Crippen LogP contribution in [0.25, 0.3) is 10.9 Å². The standard InChI is InChI=1S/C29H32N4O2/c30-24(13-18-6-2-1-3-7-18)27(34)32-33-28(35)26-14-23(22-8-4-5-9-25(22)31-26)29-15-19-10-20(16-29)12-21(11-19)17-29/h1-9,14,19-21,24H,10-13,15-17,30H2,(H,32,34)(H,33,35)/t19?,20?,21?,24-,29?/m0/s1. The van der Waals surface area contributed by atoms with Crippen LogP contribution in [0.4, 0.5) is 0 Å². The summed E-state index contributed by atoms with van der Waals surface area (Å²) in [6.07, 6.45) is 8.12. The van der Waals surface area contributed by atoms with Crippen LogP contribution in [0.5, 0.6) is 0 Å². The summed E-state index contributed by atoms with van der Waals surface area (Å²) in [5, 5.41) is 1.15. The van der Waals surface area contributed by atoms with Crippen molar-refractivity contribution in [2.45, 2.75) is 56.4 Å². The molecule has 4 N–H and O–H groups in total. The Morgan fingerprint density at radius 1 is 0.914 bits per heavy atom. The molecule has 4 saturated carbocycles. The molecule has 35 heavy (non-hydrogen) atoms. The molecule has 0 unspecified atom stereocenters. The van der Waals surface area contributed by atoms with Crippen molar-refractivity contribution in [1.82, 2.24) is 15.8 Å². The minimum atomic E-state index is -0.759. The maximum absolute atomic E-state index is 13.1. The fourth-order valence-corrected chi connectivity index (χ4v) is 7.41. The molecule has 0 radical (unpaired) electrons. The van der Waals surface area contributed by atoms with Crippen LogP contribution in [0.3, 0.4) is 0 Å². The van der Waals surface area contributed by atoms with Gasteiger partial charge in [-0.15, -0.1) is 0 Å². The Labute approximate surface area is 205 Å². The second kappa shape index (κ2) is 8.76. The van der Waals surface area contributed by atoms with Gasteiger partial charge in [0, 0.05) is 5.39 Å². The van der Waals surface area contributed by atoms with Crippen molar-refractivity contribution < 1.29 is 9.59 Å². The molecule has 6 heteroatoms. The van der Waals surface area contributed by atoms with E-state index in [1.54, 1.807) is 0 Å². The number of rotatable bonds is 5. The Morgan fingerprint density at radius 2 is 1.54 bits per heavy atom. The number of pyridine rings is 1. The summed E-state index contributed by atoms with van der Waals surface area (Å²) in [6.45, 7) is 0. The van der Waals surface area contributed by atoms with Crippen molar-refractivity contribution in [1.29, 1.82) is 0 Å². The number of para-hydroxylation sites is 1. The van der Waals surface area contributed by atoms with Crippen LogP contribution in [0.1, 0.15) is 60.1 Å². The first-order valence-corrected chi connectivity index (χ1v) is 12.8. The zero-order valence-electron chi connectivity index (χ0n) is 19.9. The normalized spacial score (nSPS) is 27.5. The van der Waals surface area contributed by atoms with E-state index in [0.717, 1.165) is 34.2 Å². The summed E-state index contributed by atoms with van der Waals surface area (Å²) >= 11 is 0. The van der Waals surface area contributed by atoms with Crippen LogP contribution in [0.15, 0.2) is 60.7 Å². The summed E-state index contributed by atoms with van der Waals surface area (Å²) in [6, 6.07) is 19.0. The minimum Gasteiger partial charge on any atom is -0.320 e. The Balaban J connectivity index is 1.23. The third-order valence-corrected chi connectivity index (χ3v) is 8.49. The Bertz CT molecular complexity index is 1240. The number of hydrogen-bond acceptors (Lipinski definition) is 4. The molecule has 4 bridgehead atoms. The number of benzene rings is 2. The monoisotopic (exact) mass is 468 g/mol. The molecule has 3 aromatic rings. The van der Waals surface area contributed by atoms with Crippen LogP contribution < -0.4 is 16.6 Å². The molecule has 0 aliphatic heterocycles. The second-order valence-corrected chi connectivity index (χ2v) is 11.0. The van der Waals surface area contributed by atoms with Crippen LogP contribution in [0.2, 0.25) is 0 Å². The molecule has 2 amide bonds. The molecule has 0 saturated heterocycles. The third kappa shape index (κ3) is 4.20. The summed E-state index contributed by atoms with van der Waals surface area (Å²) in [5.41, 5.74) is 14.7. The molecule has 2 aromatic carbocycles. The van der Waals surface area contributed by atoms with Crippen molar-refractivity contribution in [3.63, 3.8) is 0 Å². The molecule has 0 spiro atoms. The first-order valence-electron chi connectivity index (χ1n) is 12.8. The van der Waals surface area contributed by atoms with Crippen LogP contribution in [-0.2, 0) is 16.6 Å². The zero-order chi connectivity index (χ0) is 24.0. The first-order chi connectivity index (χ1) is 17.0. The van der Waals surface area contributed by atoms with Gasteiger partial charge in [0.15, 0.2) is 0 Å². The van der Waals surface area contributed by atoms with E-state index in [4.69, 9.17) is 5.73 Å². The predicted octanol–water partition coefficient (Wildman–Crippen LogP) is 4.03. The lowest BCUT2D eigenvalue weighted by atomic mass is 9.48. The lowest BCUT2D eigenvalue weighted by molar-refractivity contribution is -0.123. The van der Waals surface area contributed by atoms with Gasteiger partial charge < -0.3 is 5.73 Å². The lowest BCUT2D eigenvalue weighted by Crippen LogP contribution is -2.50. The van der Waals surface area contributed by atoms with Gasteiger partial charge in [0.25, 0.3) is 11.8 Å². The fourth-order valence-electron chi connectivity index (χ4n) is 7.41. The zero-order valence-corrected chi connectivity index (χ0v) is 19.9. The van der Waals surface area contributed by atoms with Gasteiger partial charge in [-0.25, -0.2) is 4.98 Å². The Kier molecular flexibility index (Phi) is 5.56. The van der Waals surface area contributed by atoms with E-state index in [-0.39, 0.29) is 5.41 Å². The Morgan fingerprint density at radius 3 is 2.23 bits per heavy atom. The van der Waals surface area contributed by atoms with E-state index in [0.29, 0.717) is 12.1 Å². The van der Waals surface area contributed by atoms with Crippen molar-refractivity contribution >= 4 is 22.7 Å². The molecule has 1 aromatic heterocycles. The minimum absolute atomic E-state index is 0.133. The maximum Gasteiger partial charge on any atom is 0.288 e. The molecule has 180 valence electrons. The quantitative estimate of drug-likeness (QED) is 0.493. The van der Waals surface area contributed by atoms with E-state index in [9.17, 15) is 9.59 Å². The summed E-state index contributed by atoms with van der Waals surface area (Å²) in [7, 11) is 0. The van der Waals surface area contributed by atoms with Gasteiger partial charge in [-0.3, -0.25) is 20.4 Å². The van der Waals surface area contributed by atoms with Gasteiger partial charge in [0.2, 0.25) is 0 Å². The highest BCUT2D eigenvalue weighted by atomic mass is 16.2. The first kappa shape index (κ1) is 22.2. The molecule has 1 atom stereocenters. The van der Waals surface area contributed by atoms with E-state index in [1.807, 2.05) is 48.5 Å². The molecule has 6 nitrogen and oxygen atoms in total. The average Bonchev–Trinajstić information content (AvgIpc) is 2.86. The highest BCUT2D eigenvalue weighted by Crippen LogP contribution is 2.61. The van der Waals surface area contributed by atoms with Crippen molar-refractivity contribution in [3.8, 4) is 0 Å². The van der Waals surface area contributed by atoms with Gasteiger partial charge in [-0.05, 0) is 91.4 Å². The summed E-state index contributed by atoms with van der Waals surface area (Å²) in [5.74, 6) is 1.56. The number of hydrazine groups is 1. The maximum atomic E-state index is 13.1. The number of amides is 2. The van der Waals surface area contributed by atoms with E-state index in [1.165, 1.54) is 44.1 Å². The van der Waals surface area contributed by atoms with Gasteiger partial charge in [-0.1, -0.05) is 48.5 Å². The SMILES string of the molecule is N[C@@H](Cc1ccccc1)C(=O)NNC(=O)c1cc(C23CC4CC(CC(C4)C2)C3)c2ccccc2n1. The lowest BCUT2D eigenvalue weighted by Gasteiger charge is -2.57. The molecule has 4 fully saturated rings. The summed E-state index contributed by atoms with van der Waals surface area (Å²) < 4.78 is 0. The second-order valence-electron chi connectivity index (χ2n) is 11.0. The van der Waals surface area contributed by atoms with Crippen molar-refractivity contribution in [2.24, 2.45) is 23.5 Å². The number of nitrogens with one attached hydrogen (secondary N) is 2. The highest BCUT2D eigenvalue weighted by molar-refractivity contribution is 5.97. The number of carbonyl (C=O) groups is 2. The number of fused-ring (bicyclic) bond motifs is 1. The summed E-state index contributed by atoms with van der Waals surface area (Å²) in [4.78, 5) is 30.3. The predicted molar refractivity (Wildman–Crippen MR) is 135 cm³/mol. The fraction of sp³-hybridized carbons (Fsp3) is 0.414. The van der Waals surface area contributed by atoms with Crippen LogP contribution in [-0.4, -0.2) is 22.8 Å². The topological polar surface area (TPSA) is 97.1 Å². The van der Waals surface area contributed by atoms with Crippen LogP contribution in [0, 0.1) is 17.8 Å². The number of hydrogen-bond donors (Lipinski definition) is 3. The molecule has 4 aliphatic carbocycles. The van der Waals surface area contributed by atoms with E-state index >= 15 is 0 Å². The van der Waals surface area contributed by atoms with Crippen LogP contribution >= 0.6 is 0 Å². The molecule has 4 aliphatic rings. The smallest absolute Gasteiger partial charge is 0.288 e. The molecule has 1 heterocycles. The average molecular weight is 469 g/mol. The third-order valence-electron chi connectivity index (χ3n) is 8.49. The number of carbonyl (C=O) groups excluding carboxylic acids is 2. The van der Waals surface area contributed by atoms with E-state index < -0.39 is 17.9 Å². The van der Waals surface area contributed by atoms with Gasteiger partial charge in [0.05, 0.1) is 11.6 Å². The largest absolute Gasteiger partial charge is 0.320 e. The highest BCUT2D eigenvalue weighted by Gasteiger charge is 2.52. The molecular weight excluding hydrogens is 436 g/mol. The number of nitrogens with two attached hydrogens (primary N) is 1. The van der Waals surface area contributed by atoms with Crippen molar-refractivity contribution in [2.75, 3.05) is 0 Å². The molecular formula is C29H32N4O2. The number of nitrogens with zero attached hydrogens (tertiary/aromatic N) is 1. The van der Waals surface area contributed by atoms with Gasteiger partial charge >= 0.3 is 0 Å². The van der Waals surface area contributed by atoms with Crippen molar-refractivity contribution in [3.05, 3.63) is 77.5 Å².